The number of rotatable bonds is 4. The van der Waals surface area contributed by atoms with Crippen molar-refractivity contribution >= 4 is 87.5 Å². The number of para-hydroxylation sites is 4. The summed E-state index contributed by atoms with van der Waals surface area (Å²) in [6.45, 7) is 0. The van der Waals surface area contributed by atoms with Crippen molar-refractivity contribution in [2.24, 2.45) is 0 Å². The number of nitrogens with zero attached hydrogens (tertiary/aromatic N) is 4. The quantitative estimate of drug-likeness (QED) is 0.178. The minimum Gasteiger partial charge on any atom is -0.455 e. The summed E-state index contributed by atoms with van der Waals surface area (Å²) >= 11 is 0. The van der Waals surface area contributed by atoms with Gasteiger partial charge in [-0.05, 0) is 78.4 Å². The first-order valence-corrected chi connectivity index (χ1v) is 20.5. The molecule has 0 atom stereocenters. The van der Waals surface area contributed by atoms with Crippen LogP contribution >= 0.6 is 0 Å². The molecule has 0 bridgehead atoms. The third kappa shape index (κ3) is 4.66. The van der Waals surface area contributed by atoms with Crippen LogP contribution in [-0.4, -0.2) is 9.13 Å². The molecule has 62 heavy (non-hydrogen) atoms. The predicted molar refractivity (Wildman–Crippen MR) is 250 cm³/mol. The molecule has 0 radical (unpaired) electrons. The van der Waals surface area contributed by atoms with Crippen LogP contribution in [0.3, 0.4) is 0 Å². The Morgan fingerprint density at radius 3 is 1.53 bits per heavy atom. The Hall–Kier alpha value is -8.84. The van der Waals surface area contributed by atoms with Crippen LogP contribution in [0.15, 0.2) is 191 Å². The molecule has 0 saturated heterocycles. The van der Waals surface area contributed by atoms with Gasteiger partial charge in [0.2, 0.25) is 0 Å². The highest BCUT2D eigenvalue weighted by Crippen LogP contribution is 2.45. The first kappa shape index (κ1) is 34.1. The lowest BCUT2D eigenvalue weighted by Crippen LogP contribution is -2.01. The second-order valence-corrected chi connectivity index (χ2v) is 15.8. The average Bonchev–Trinajstić information content (AvgIpc) is 4.08. The molecule has 0 aliphatic carbocycles. The maximum Gasteiger partial charge on any atom is 0.145 e. The second-order valence-electron chi connectivity index (χ2n) is 15.8. The third-order valence-corrected chi connectivity index (χ3v) is 12.6. The zero-order valence-corrected chi connectivity index (χ0v) is 32.9. The van der Waals surface area contributed by atoms with Crippen molar-refractivity contribution in [1.82, 2.24) is 9.13 Å². The van der Waals surface area contributed by atoms with Crippen LogP contribution in [0.2, 0.25) is 0 Å². The number of aromatic nitrogens is 2. The fourth-order valence-corrected chi connectivity index (χ4v) is 9.95. The molecule has 286 valence electrons. The number of furan rings is 2. The van der Waals surface area contributed by atoms with Crippen molar-refractivity contribution in [3.63, 3.8) is 0 Å². The van der Waals surface area contributed by atoms with Gasteiger partial charge in [-0.25, -0.2) is 0 Å². The van der Waals surface area contributed by atoms with E-state index in [-0.39, 0.29) is 0 Å². The molecule has 0 fully saturated rings. The number of hydrogen-bond acceptors (Lipinski definition) is 4. The van der Waals surface area contributed by atoms with E-state index >= 15 is 0 Å². The maximum absolute atomic E-state index is 10.6. The SMILES string of the molecule is N#Cc1ccccc1-c1ccc(-c2ccc(-n3c4ccccc4c4c5oc6ccccc6c5ccc43)cc2-n2c3ccccc3c3c4oc5ccccc5c4ccc32)cc1C#N. The van der Waals surface area contributed by atoms with Crippen LogP contribution in [0.25, 0.3) is 121 Å². The van der Waals surface area contributed by atoms with Gasteiger partial charge in [0.25, 0.3) is 0 Å². The second kappa shape index (κ2) is 12.8. The van der Waals surface area contributed by atoms with Crippen LogP contribution < -0.4 is 0 Å². The summed E-state index contributed by atoms with van der Waals surface area (Å²) < 4.78 is 18.0. The lowest BCUT2D eigenvalue weighted by Gasteiger charge is -2.18. The van der Waals surface area contributed by atoms with Gasteiger partial charge < -0.3 is 18.0 Å². The van der Waals surface area contributed by atoms with E-state index in [0.717, 1.165) is 121 Å². The van der Waals surface area contributed by atoms with E-state index in [2.05, 4.69) is 143 Å². The van der Waals surface area contributed by atoms with Crippen molar-refractivity contribution in [3.05, 3.63) is 193 Å². The molecule has 4 aromatic heterocycles. The summed E-state index contributed by atoms with van der Waals surface area (Å²) in [7, 11) is 0. The van der Waals surface area contributed by atoms with E-state index in [1.165, 1.54) is 0 Å². The summed E-state index contributed by atoms with van der Waals surface area (Å²) in [6.07, 6.45) is 0. The summed E-state index contributed by atoms with van der Waals surface area (Å²) in [5, 5.41) is 29.2. The van der Waals surface area contributed by atoms with Crippen molar-refractivity contribution in [3.8, 4) is 45.8 Å². The van der Waals surface area contributed by atoms with Crippen LogP contribution in [0.5, 0.6) is 0 Å². The van der Waals surface area contributed by atoms with Crippen molar-refractivity contribution in [1.29, 1.82) is 10.5 Å². The van der Waals surface area contributed by atoms with Gasteiger partial charge in [-0.15, -0.1) is 0 Å². The summed E-state index contributed by atoms with van der Waals surface area (Å²) in [6, 6.07) is 67.0. The standard InChI is InChI=1S/C56H30N4O2/c57-31-34-11-1-2-12-37(34)38-23-21-33(29-35(38)32-58)39-24-22-36(59-46-17-7-3-15-44(46)53-48(59)27-25-42-40-13-5-9-19-51(40)61-55(42)53)30-50(39)60-47-18-8-4-16-45(47)54-49(60)28-26-43-41-14-6-10-20-52(41)62-56(43)54/h1-30H. The van der Waals surface area contributed by atoms with Gasteiger partial charge in [-0.3, -0.25) is 0 Å². The molecule has 0 aliphatic rings. The van der Waals surface area contributed by atoms with E-state index in [4.69, 9.17) is 8.83 Å². The van der Waals surface area contributed by atoms with Gasteiger partial charge in [0.15, 0.2) is 0 Å². The lowest BCUT2D eigenvalue weighted by atomic mass is 9.92. The van der Waals surface area contributed by atoms with E-state index in [9.17, 15) is 10.5 Å². The number of benzene rings is 9. The molecule has 0 amide bonds. The monoisotopic (exact) mass is 790 g/mol. The van der Waals surface area contributed by atoms with E-state index in [1.54, 1.807) is 6.07 Å². The molecule has 13 rings (SSSR count). The first-order valence-electron chi connectivity index (χ1n) is 20.5. The minimum atomic E-state index is 0.490. The molecule has 6 nitrogen and oxygen atoms in total. The average molecular weight is 791 g/mol. The fraction of sp³-hybridized carbons (Fsp3) is 0. The fourth-order valence-electron chi connectivity index (χ4n) is 9.95. The van der Waals surface area contributed by atoms with Crippen molar-refractivity contribution in [2.75, 3.05) is 0 Å². The molecule has 0 N–H and O–H groups in total. The highest BCUT2D eigenvalue weighted by Gasteiger charge is 2.24. The lowest BCUT2D eigenvalue weighted by molar-refractivity contribution is 0.672. The number of hydrogen-bond donors (Lipinski definition) is 0. The topological polar surface area (TPSA) is 83.7 Å². The molecule has 4 heterocycles. The minimum absolute atomic E-state index is 0.490. The third-order valence-electron chi connectivity index (χ3n) is 12.6. The zero-order chi connectivity index (χ0) is 41.1. The Morgan fingerprint density at radius 1 is 0.371 bits per heavy atom. The molecule has 0 spiro atoms. The summed E-state index contributed by atoms with van der Waals surface area (Å²) in [5.41, 5.74) is 13.8. The van der Waals surface area contributed by atoms with E-state index in [0.29, 0.717) is 11.1 Å². The first-order chi connectivity index (χ1) is 30.7. The van der Waals surface area contributed by atoms with Gasteiger partial charge in [-0.1, -0.05) is 109 Å². The maximum atomic E-state index is 10.6. The highest BCUT2D eigenvalue weighted by atomic mass is 16.3. The van der Waals surface area contributed by atoms with Gasteiger partial charge in [0.1, 0.15) is 22.3 Å². The molecular formula is C56H30N4O2. The molecule has 9 aromatic carbocycles. The smallest absolute Gasteiger partial charge is 0.145 e. The summed E-state index contributed by atoms with van der Waals surface area (Å²) in [5.74, 6) is 0. The highest BCUT2D eigenvalue weighted by molar-refractivity contribution is 6.25. The molecule has 13 aromatic rings. The van der Waals surface area contributed by atoms with E-state index < -0.39 is 0 Å². The van der Waals surface area contributed by atoms with E-state index in [1.807, 2.05) is 54.6 Å². The van der Waals surface area contributed by atoms with Gasteiger partial charge in [-0.2, -0.15) is 10.5 Å². The Kier molecular flexibility index (Phi) is 7.05. The molecule has 0 saturated carbocycles. The van der Waals surface area contributed by atoms with Crippen LogP contribution in [0.4, 0.5) is 0 Å². The Bertz CT molecular complexity index is 4140. The summed E-state index contributed by atoms with van der Waals surface area (Å²) in [4.78, 5) is 0. The molecule has 6 heteroatoms. The normalized spacial score (nSPS) is 11.8. The Balaban J connectivity index is 1.13. The molecular weight excluding hydrogens is 761 g/mol. The number of nitriles is 2. The van der Waals surface area contributed by atoms with Crippen LogP contribution in [-0.2, 0) is 0 Å². The largest absolute Gasteiger partial charge is 0.455 e. The Morgan fingerprint density at radius 2 is 0.887 bits per heavy atom. The van der Waals surface area contributed by atoms with Gasteiger partial charge >= 0.3 is 0 Å². The molecule has 0 aliphatic heterocycles. The van der Waals surface area contributed by atoms with Crippen molar-refractivity contribution < 1.29 is 8.83 Å². The van der Waals surface area contributed by atoms with Gasteiger partial charge in [0, 0.05) is 54.7 Å². The van der Waals surface area contributed by atoms with Crippen LogP contribution in [0, 0.1) is 22.7 Å². The van der Waals surface area contributed by atoms with Gasteiger partial charge in [0.05, 0.1) is 61.8 Å². The zero-order valence-electron chi connectivity index (χ0n) is 32.9. The predicted octanol–water partition coefficient (Wildman–Crippen LogP) is 14.8. The van der Waals surface area contributed by atoms with Crippen LogP contribution in [0.1, 0.15) is 11.1 Å². The number of fused-ring (bicyclic) bond motifs is 14. The van der Waals surface area contributed by atoms with Crippen molar-refractivity contribution in [2.45, 2.75) is 0 Å². The Labute approximate surface area is 353 Å². The molecule has 0 unspecified atom stereocenters.